The van der Waals surface area contributed by atoms with E-state index >= 15 is 0 Å². The van der Waals surface area contributed by atoms with Gasteiger partial charge in [0.1, 0.15) is 5.75 Å². The van der Waals surface area contributed by atoms with Crippen molar-refractivity contribution in [2.75, 3.05) is 14.2 Å². The summed E-state index contributed by atoms with van der Waals surface area (Å²) in [5, 5.41) is 7.69. The second-order valence-electron chi connectivity index (χ2n) is 3.91. The third-order valence-electron chi connectivity index (χ3n) is 2.77. The van der Waals surface area contributed by atoms with Gasteiger partial charge in [-0.25, -0.2) is 0 Å². The molecule has 4 heteroatoms. The van der Waals surface area contributed by atoms with Gasteiger partial charge in [0.2, 0.25) is 0 Å². The molecule has 1 aromatic heterocycles. The van der Waals surface area contributed by atoms with Crippen molar-refractivity contribution in [1.29, 1.82) is 0 Å². The summed E-state index contributed by atoms with van der Waals surface area (Å²) in [6.45, 7) is 0. The van der Waals surface area contributed by atoms with Crippen LogP contribution in [-0.2, 0) is 7.05 Å². The molecule has 0 fully saturated rings. The summed E-state index contributed by atoms with van der Waals surface area (Å²) >= 11 is 0. The van der Waals surface area contributed by atoms with Gasteiger partial charge in [0.05, 0.1) is 18.8 Å². The van der Waals surface area contributed by atoms with Gasteiger partial charge in [-0.3, -0.25) is 4.68 Å². The van der Waals surface area contributed by atoms with E-state index in [0.29, 0.717) is 0 Å². The van der Waals surface area contributed by atoms with Crippen LogP contribution in [0.2, 0.25) is 0 Å². The Kier molecular flexibility index (Phi) is 3.44. The number of benzene rings is 1. The fraction of sp³-hybridized carbons (Fsp3) is 0.308. The standard InChI is InChI=1S/C13H17N3O/c1-14-13(12-8-9-16(2)15-12)10-4-6-11(17-3)7-5-10/h4-9,13-14H,1-3H3. The molecule has 0 aliphatic rings. The number of aromatic nitrogens is 2. The van der Waals surface area contributed by atoms with E-state index in [2.05, 4.69) is 22.5 Å². The SMILES string of the molecule is CNC(c1ccc(OC)cc1)c1ccn(C)n1. The first-order valence-corrected chi connectivity index (χ1v) is 5.55. The van der Waals surface area contributed by atoms with Crippen molar-refractivity contribution < 1.29 is 4.74 Å². The van der Waals surface area contributed by atoms with E-state index in [9.17, 15) is 0 Å². The van der Waals surface area contributed by atoms with Crippen molar-refractivity contribution in [3.05, 3.63) is 47.8 Å². The van der Waals surface area contributed by atoms with E-state index in [-0.39, 0.29) is 6.04 Å². The maximum absolute atomic E-state index is 5.15. The molecule has 1 N–H and O–H groups in total. The summed E-state index contributed by atoms with van der Waals surface area (Å²) in [4.78, 5) is 0. The monoisotopic (exact) mass is 231 g/mol. The lowest BCUT2D eigenvalue weighted by molar-refractivity contribution is 0.414. The number of aryl methyl sites for hydroxylation is 1. The van der Waals surface area contributed by atoms with Crippen molar-refractivity contribution in [1.82, 2.24) is 15.1 Å². The highest BCUT2D eigenvalue weighted by Crippen LogP contribution is 2.22. The quantitative estimate of drug-likeness (QED) is 0.871. The summed E-state index contributed by atoms with van der Waals surface area (Å²) < 4.78 is 6.96. The molecule has 0 amide bonds. The third kappa shape index (κ3) is 2.47. The smallest absolute Gasteiger partial charge is 0.118 e. The molecule has 1 heterocycles. The van der Waals surface area contributed by atoms with Crippen molar-refractivity contribution in [2.45, 2.75) is 6.04 Å². The zero-order valence-corrected chi connectivity index (χ0v) is 10.3. The minimum absolute atomic E-state index is 0.113. The van der Waals surface area contributed by atoms with Gasteiger partial charge in [0, 0.05) is 13.2 Å². The summed E-state index contributed by atoms with van der Waals surface area (Å²) in [6, 6.07) is 10.2. The predicted molar refractivity (Wildman–Crippen MR) is 67.1 cm³/mol. The van der Waals surface area contributed by atoms with Crippen LogP contribution >= 0.6 is 0 Å². The van der Waals surface area contributed by atoms with Crippen LogP contribution < -0.4 is 10.1 Å². The fourth-order valence-electron chi connectivity index (χ4n) is 1.87. The molecule has 0 radical (unpaired) electrons. The zero-order valence-electron chi connectivity index (χ0n) is 10.3. The number of methoxy groups -OCH3 is 1. The van der Waals surface area contributed by atoms with Gasteiger partial charge in [-0.05, 0) is 30.8 Å². The van der Waals surface area contributed by atoms with Crippen molar-refractivity contribution in [3.8, 4) is 5.75 Å². The number of hydrogen-bond donors (Lipinski definition) is 1. The molecule has 0 aliphatic heterocycles. The molecule has 2 rings (SSSR count). The molecule has 2 aromatic rings. The molecular formula is C13H17N3O. The lowest BCUT2D eigenvalue weighted by atomic mass is 10.0. The summed E-state index contributed by atoms with van der Waals surface area (Å²) in [5.41, 5.74) is 2.19. The number of hydrogen-bond acceptors (Lipinski definition) is 3. The molecule has 1 aromatic carbocycles. The molecular weight excluding hydrogens is 214 g/mol. The minimum atomic E-state index is 0.113. The Morgan fingerprint density at radius 3 is 2.41 bits per heavy atom. The molecule has 4 nitrogen and oxygen atoms in total. The lowest BCUT2D eigenvalue weighted by Crippen LogP contribution is -2.18. The molecule has 90 valence electrons. The lowest BCUT2D eigenvalue weighted by Gasteiger charge is -2.14. The van der Waals surface area contributed by atoms with Crippen molar-refractivity contribution >= 4 is 0 Å². The second-order valence-corrected chi connectivity index (χ2v) is 3.91. The molecule has 0 saturated heterocycles. The predicted octanol–water partition coefficient (Wildman–Crippen LogP) is 1.74. The average molecular weight is 231 g/mol. The van der Waals surface area contributed by atoms with Crippen molar-refractivity contribution in [2.24, 2.45) is 7.05 Å². The number of nitrogens with zero attached hydrogens (tertiary/aromatic N) is 2. The highest BCUT2D eigenvalue weighted by Gasteiger charge is 2.14. The van der Waals surface area contributed by atoms with Crippen LogP contribution in [0.4, 0.5) is 0 Å². The maximum Gasteiger partial charge on any atom is 0.118 e. The van der Waals surface area contributed by atoms with E-state index in [1.165, 1.54) is 5.56 Å². The van der Waals surface area contributed by atoms with Crippen LogP contribution in [-0.4, -0.2) is 23.9 Å². The summed E-state index contributed by atoms with van der Waals surface area (Å²) in [7, 11) is 5.52. The average Bonchev–Trinajstić information content (AvgIpc) is 2.78. The van der Waals surface area contributed by atoms with Gasteiger partial charge in [0.15, 0.2) is 0 Å². The van der Waals surface area contributed by atoms with Crippen molar-refractivity contribution in [3.63, 3.8) is 0 Å². The van der Waals surface area contributed by atoms with Gasteiger partial charge in [-0.1, -0.05) is 12.1 Å². The Morgan fingerprint density at radius 1 is 1.24 bits per heavy atom. The van der Waals surface area contributed by atoms with Crippen LogP contribution in [0, 0.1) is 0 Å². The normalized spacial score (nSPS) is 12.4. The Labute approximate surface area is 101 Å². The maximum atomic E-state index is 5.15. The van der Waals surface area contributed by atoms with E-state index in [4.69, 9.17) is 4.74 Å². The topological polar surface area (TPSA) is 39.1 Å². The first-order valence-electron chi connectivity index (χ1n) is 5.55. The van der Waals surface area contributed by atoms with E-state index in [0.717, 1.165) is 11.4 Å². The van der Waals surface area contributed by atoms with Gasteiger partial charge < -0.3 is 10.1 Å². The number of ether oxygens (including phenoxy) is 1. The molecule has 0 saturated carbocycles. The van der Waals surface area contributed by atoms with E-state index < -0.39 is 0 Å². The van der Waals surface area contributed by atoms with Gasteiger partial charge in [-0.15, -0.1) is 0 Å². The Hall–Kier alpha value is -1.81. The fourth-order valence-corrected chi connectivity index (χ4v) is 1.87. The first-order chi connectivity index (χ1) is 8.24. The van der Waals surface area contributed by atoms with Gasteiger partial charge >= 0.3 is 0 Å². The first kappa shape index (κ1) is 11.7. The highest BCUT2D eigenvalue weighted by atomic mass is 16.5. The molecule has 1 unspecified atom stereocenters. The number of rotatable bonds is 4. The second kappa shape index (κ2) is 5.01. The minimum Gasteiger partial charge on any atom is -0.497 e. The summed E-state index contributed by atoms with van der Waals surface area (Å²) in [6.07, 6.45) is 1.95. The number of nitrogens with one attached hydrogen (secondary N) is 1. The third-order valence-corrected chi connectivity index (χ3v) is 2.77. The Bertz CT molecular complexity index is 476. The molecule has 17 heavy (non-hydrogen) atoms. The molecule has 0 aliphatic carbocycles. The Morgan fingerprint density at radius 2 is 1.94 bits per heavy atom. The van der Waals surface area contributed by atoms with E-state index in [1.54, 1.807) is 7.11 Å². The van der Waals surface area contributed by atoms with Crippen LogP contribution in [0.25, 0.3) is 0 Å². The van der Waals surface area contributed by atoms with Crippen LogP contribution in [0.3, 0.4) is 0 Å². The molecule has 1 atom stereocenters. The Balaban J connectivity index is 2.28. The van der Waals surface area contributed by atoms with Gasteiger partial charge in [-0.2, -0.15) is 5.10 Å². The molecule has 0 bridgehead atoms. The molecule has 0 spiro atoms. The van der Waals surface area contributed by atoms with Crippen LogP contribution in [0.5, 0.6) is 5.75 Å². The largest absolute Gasteiger partial charge is 0.497 e. The zero-order chi connectivity index (χ0) is 12.3. The van der Waals surface area contributed by atoms with E-state index in [1.807, 2.05) is 43.2 Å². The van der Waals surface area contributed by atoms with Gasteiger partial charge in [0.25, 0.3) is 0 Å². The highest BCUT2D eigenvalue weighted by molar-refractivity contribution is 5.32. The summed E-state index contributed by atoms with van der Waals surface area (Å²) in [5.74, 6) is 0.865. The van der Waals surface area contributed by atoms with Crippen LogP contribution in [0.1, 0.15) is 17.3 Å². The van der Waals surface area contributed by atoms with Crippen LogP contribution in [0.15, 0.2) is 36.5 Å².